The van der Waals surface area contributed by atoms with Crippen molar-refractivity contribution in [3.8, 4) is 6.07 Å². The smallest absolute Gasteiger partial charge is 0.224 e. The molecule has 1 aliphatic rings. The topological polar surface area (TPSA) is 91.1 Å². The largest absolute Gasteiger partial charge is 0.378 e. The molecule has 20 heavy (non-hydrogen) atoms. The molecule has 2 rings (SSSR count). The zero-order valence-corrected chi connectivity index (χ0v) is 11.4. The lowest BCUT2D eigenvalue weighted by Crippen LogP contribution is -2.41. The molecule has 0 atom stereocenters. The van der Waals surface area contributed by atoms with Gasteiger partial charge in [-0.1, -0.05) is 0 Å². The fourth-order valence-electron chi connectivity index (χ4n) is 1.96. The molecule has 1 aromatic rings. The van der Waals surface area contributed by atoms with E-state index < -0.39 is 0 Å². The summed E-state index contributed by atoms with van der Waals surface area (Å²) in [4.78, 5) is 21.9. The van der Waals surface area contributed by atoms with Crippen molar-refractivity contribution in [2.24, 2.45) is 0 Å². The zero-order chi connectivity index (χ0) is 14.4. The van der Waals surface area contributed by atoms with E-state index in [1.165, 1.54) is 0 Å². The van der Waals surface area contributed by atoms with Crippen molar-refractivity contribution in [3.63, 3.8) is 0 Å². The number of amides is 1. The highest BCUT2D eigenvalue weighted by Gasteiger charge is 2.16. The summed E-state index contributed by atoms with van der Waals surface area (Å²) in [6.45, 7) is 4.76. The van der Waals surface area contributed by atoms with Crippen LogP contribution in [-0.4, -0.2) is 53.6 Å². The molecule has 1 fully saturated rings. The fourth-order valence-corrected chi connectivity index (χ4v) is 1.96. The summed E-state index contributed by atoms with van der Waals surface area (Å²) in [5, 5.41) is 11.8. The van der Waals surface area contributed by atoms with E-state index in [4.69, 9.17) is 10.00 Å². The Morgan fingerprint density at radius 1 is 1.50 bits per heavy atom. The molecule has 0 spiro atoms. The van der Waals surface area contributed by atoms with Crippen molar-refractivity contribution in [2.45, 2.75) is 13.3 Å². The number of hydrogen-bond donors (Lipinski definition) is 1. The van der Waals surface area contributed by atoms with Crippen LogP contribution in [0.2, 0.25) is 0 Å². The first-order valence-corrected chi connectivity index (χ1v) is 6.54. The first-order chi connectivity index (χ1) is 9.69. The van der Waals surface area contributed by atoms with Gasteiger partial charge in [0.15, 0.2) is 0 Å². The molecule has 7 heteroatoms. The number of nitrogens with one attached hydrogen (secondary N) is 1. The molecule has 1 N–H and O–H groups in total. The number of aromatic nitrogens is 2. The molecule has 0 radical (unpaired) electrons. The molecule has 1 aliphatic heterocycles. The number of carbonyl (C=O) groups excluding carboxylic acids is 1. The molecule has 1 amide bonds. The van der Waals surface area contributed by atoms with Crippen LogP contribution in [0.5, 0.6) is 0 Å². The van der Waals surface area contributed by atoms with Crippen LogP contribution < -0.4 is 5.32 Å². The Labute approximate surface area is 117 Å². The van der Waals surface area contributed by atoms with Crippen molar-refractivity contribution in [1.82, 2.24) is 14.9 Å². The average Bonchev–Trinajstić information content (AvgIpc) is 2.47. The normalized spacial score (nSPS) is 14.7. The lowest BCUT2D eigenvalue weighted by molar-refractivity contribution is -0.134. The molecule has 1 aromatic heterocycles. The van der Waals surface area contributed by atoms with E-state index in [0.29, 0.717) is 50.9 Å². The van der Waals surface area contributed by atoms with Gasteiger partial charge in [0.2, 0.25) is 11.9 Å². The lowest BCUT2D eigenvalue weighted by Gasteiger charge is -2.26. The summed E-state index contributed by atoms with van der Waals surface area (Å²) in [6, 6.07) is 3.59. The van der Waals surface area contributed by atoms with Gasteiger partial charge in [-0.15, -0.1) is 0 Å². The first-order valence-electron chi connectivity index (χ1n) is 6.54. The molecule has 0 aliphatic carbocycles. The van der Waals surface area contributed by atoms with Gasteiger partial charge in [-0.25, -0.2) is 9.97 Å². The molecule has 1 saturated heterocycles. The Morgan fingerprint density at radius 3 is 2.95 bits per heavy atom. The number of nitriles is 1. The third-order valence-electron chi connectivity index (χ3n) is 2.95. The summed E-state index contributed by atoms with van der Waals surface area (Å²) in [5.41, 5.74) is 1.04. The minimum atomic E-state index is 0.0916. The summed E-state index contributed by atoms with van der Waals surface area (Å²) in [5.74, 6) is 0.477. The number of anilines is 1. The van der Waals surface area contributed by atoms with E-state index in [-0.39, 0.29) is 5.91 Å². The summed E-state index contributed by atoms with van der Waals surface area (Å²) in [6.07, 6.45) is 0.374. The van der Waals surface area contributed by atoms with Gasteiger partial charge < -0.3 is 15.0 Å². The number of rotatable bonds is 4. The molecule has 0 bridgehead atoms. The van der Waals surface area contributed by atoms with Gasteiger partial charge >= 0.3 is 0 Å². The van der Waals surface area contributed by atoms with E-state index in [9.17, 15) is 4.79 Å². The van der Waals surface area contributed by atoms with Crippen LogP contribution in [0.3, 0.4) is 0 Å². The third kappa shape index (κ3) is 3.90. The Hall–Kier alpha value is -2.20. The van der Waals surface area contributed by atoms with Gasteiger partial charge in [-0.3, -0.25) is 4.79 Å². The highest BCUT2D eigenvalue weighted by Crippen LogP contribution is 2.05. The molecule has 0 saturated carbocycles. The number of carbonyl (C=O) groups is 1. The Kier molecular flexibility index (Phi) is 4.85. The monoisotopic (exact) mass is 275 g/mol. The van der Waals surface area contributed by atoms with Crippen LogP contribution in [0.15, 0.2) is 6.07 Å². The molecule has 0 aromatic carbocycles. The molecule has 106 valence electrons. The highest BCUT2D eigenvalue weighted by atomic mass is 16.5. The molecule has 2 heterocycles. The highest BCUT2D eigenvalue weighted by molar-refractivity contribution is 5.76. The van der Waals surface area contributed by atoms with E-state index in [2.05, 4.69) is 15.3 Å². The molecular weight excluding hydrogens is 258 g/mol. The molecule has 0 unspecified atom stereocenters. The van der Waals surface area contributed by atoms with Crippen LogP contribution in [0, 0.1) is 18.3 Å². The maximum absolute atomic E-state index is 11.9. The zero-order valence-electron chi connectivity index (χ0n) is 11.4. The van der Waals surface area contributed by atoms with Gasteiger partial charge in [0.05, 0.1) is 13.2 Å². The number of morpholine rings is 1. The maximum atomic E-state index is 11.9. The summed E-state index contributed by atoms with van der Waals surface area (Å²) in [7, 11) is 0. The quantitative estimate of drug-likeness (QED) is 0.850. The van der Waals surface area contributed by atoms with Crippen LogP contribution >= 0.6 is 0 Å². The van der Waals surface area contributed by atoms with Gasteiger partial charge in [0.25, 0.3) is 0 Å². The summed E-state index contributed by atoms with van der Waals surface area (Å²) >= 11 is 0. The Morgan fingerprint density at radius 2 is 2.25 bits per heavy atom. The van der Waals surface area contributed by atoms with Crippen molar-refractivity contribution in [3.05, 3.63) is 17.5 Å². The number of aryl methyl sites for hydroxylation is 1. The maximum Gasteiger partial charge on any atom is 0.224 e. The third-order valence-corrected chi connectivity index (χ3v) is 2.95. The first kappa shape index (κ1) is 14.2. The Bertz CT molecular complexity index is 520. The van der Waals surface area contributed by atoms with Gasteiger partial charge in [-0.05, 0) is 13.0 Å². The van der Waals surface area contributed by atoms with E-state index in [1.54, 1.807) is 17.9 Å². The van der Waals surface area contributed by atoms with Gasteiger partial charge in [-0.2, -0.15) is 5.26 Å². The van der Waals surface area contributed by atoms with Crippen LogP contribution in [-0.2, 0) is 9.53 Å². The fraction of sp³-hybridized carbons (Fsp3) is 0.538. The van der Waals surface area contributed by atoms with Gasteiger partial charge in [0.1, 0.15) is 11.8 Å². The predicted molar refractivity (Wildman–Crippen MR) is 72.0 cm³/mol. The van der Waals surface area contributed by atoms with E-state index in [1.807, 2.05) is 6.07 Å². The standard InChI is InChI=1S/C13H17N5O2/c1-10-8-11(9-14)17-13(16-10)15-3-2-12(19)18-4-6-20-7-5-18/h8H,2-7H2,1H3,(H,15,16,17). The minimum Gasteiger partial charge on any atom is -0.378 e. The average molecular weight is 275 g/mol. The molecule has 7 nitrogen and oxygen atoms in total. The minimum absolute atomic E-state index is 0.0916. The molecular formula is C13H17N5O2. The Balaban J connectivity index is 1.82. The summed E-state index contributed by atoms with van der Waals surface area (Å²) < 4.78 is 5.20. The number of hydrogen-bond acceptors (Lipinski definition) is 6. The second kappa shape index (κ2) is 6.82. The van der Waals surface area contributed by atoms with Crippen molar-refractivity contribution in [2.75, 3.05) is 38.2 Å². The number of nitrogens with zero attached hydrogens (tertiary/aromatic N) is 4. The number of ether oxygens (including phenoxy) is 1. The SMILES string of the molecule is Cc1cc(C#N)nc(NCCC(=O)N2CCOCC2)n1. The predicted octanol–water partition coefficient (Wildman–Crippen LogP) is 0.317. The van der Waals surface area contributed by atoms with Crippen molar-refractivity contribution < 1.29 is 9.53 Å². The second-order valence-electron chi connectivity index (χ2n) is 4.50. The van der Waals surface area contributed by atoms with Crippen molar-refractivity contribution in [1.29, 1.82) is 5.26 Å². The van der Waals surface area contributed by atoms with Crippen LogP contribution in [0.25, 0.3) is 0 Å². The van der Waals surface area contributed by atoms with Crippen molar-refractivity contribution >= 4 is 11.9 Å². The van der Waals surface area contributed by atoms with Crippen LogP contribution in [0.4, 0.5) is 5.95 Å². The second-order valence-corrected chi connectivity index (χ2v) is 4.50. The van der Waals surface area contributed by atoms with Gasteiger partial charge in [0, 0.05) is 31.7 Å². The lowest BCUT2D eigenvalue weighted by atomic mass is 10.3. The van der Waals surface area contributed by atoms with E-state index in [0.717, 1.165) is 5.69 Å². The van der Waals surface area contributed by atoms with E-state index >= 15 is 0 Å². The van der Waals surface area contributed by atoms with Crippen LogP contribution in [0.1, 0.15) is 17.8 Å².